The molecule has 0 unspecified atom stereocenters. The molecule has 1 aromatic carbocycles. The summed E-state index contributed by atoms with van der Waals surface area (Å²) in [6.07, 6.45) is 7.97. The maximum Gasteiger partial charge on any atom is 0.212 e. The quantitative estimate of drug-likeness (QED) is 0.517. The van der Waals surface area contributed by atoms with Gasteiger partial charge in [0.1, 0.15) is 5.01 Å². The van der Waals surface area contributed by atoms with Gasteiger partial charge in [-0.05, 0) is 24.6 Å². The zero-order valence-electron chi connectivity index (χ0n) is 12.4. The first-order chi connectivity index (χ1) is 10.7. The van der Waals surface area contributed by atoms with Crippen molar-refractivity contribution >= 4 is 39.5 Å². The smallest absolute Gasteiger partial charge is 0.212 e. The Labute approximate surface area is 143 Å². The first kappa shape index (κ1) is 15.8. The highest BCUT2D eigenvalue weighted by atomic mass is 35.5. The fourth-order valence-electron chi connectivity index (χ4n) is 2.37. The molecule has 0 aliphatic rings. The van der Waals surface area contributed by atoms with Gasteiger partial charge in [0.2, 0.25) is 4.96 Å². The topological polar surface area (TPSA) is 30.2 Å². The van der Waals surface area contributed by atoms with Gasteiger partial charge in [0.05, 0.1) is 16.9 Å². The summed E-state index contributed by atoms with van der Waals surface area (Å²) >= 11 is 13.8. The molecule has 3 rings (SSSR count). The Morgan fingerprint density at radius 2 is 2.05 bits per heavy atom. The van der Waals surface area contributed by atoms with Crippen LogP contribution in [-0.2, 0) is 6.42 Å². The lowest BCUT2D eigenvalue weighted by Gasteiger charge is -2.00. The van der Waals surface area contributed by atoms with Crippen LogP contribution in [0.2, 0.25) is 10.0 Å². The van der Waals surface area contributed by atoms with Crippen molar-refractivity contribution < 1.29 is 0 Å². The predicted molar refractivity (Wildman–Crippen MR) is 94.2 cm³/mol. The van der Waals surface area contributed by atoms with E-state index in [0.29, 0.717) is 10.0 Å². The van der Waals surface area contributed by atoms with E-state index < -0.39 is 0 Å². The van der Waals surface area contributed by atoms with Gasteiger partial charge in [-0.15, -0.1) is 0 Å². The average Bonchev–Trinajstić information content (AvgIpc) is 3.01. The molecule has 116 valence electrons. The van der Waals surface area contributed by atoms with Crippen molar-refractivity contribution in [1.82, 2.24) is 14.6 Å². The van der Waals surface area contributed by atoms with Crippen molar-refractivity contribution in [1.29, 1.82) is 0 Å². The molecule has 0 aliphatic heterocycles. The van der Waals surface area contributed by atoms with Gasteiger partial charge in [-0.1, -0.05) is 60.7 Å². The minimum atomic E-state index is 0.609. The Morgan fingerprint density at radius 3 is 2.77 bits per heavy atom. The van der Waals surface area contributed by atoms with E-state index in [1.807, 2.05) is 22.8 Å². The van der Waals surface area contributed by atoms with Gasteiger partial charge >= 0.3 is 0 Å². The zero-order chi connectivity index (χ0) is 15.5. The van der Waals surface area contributed by atoms with Gasteiger partial charge in [-0.25, -0.2) is 9.50 Å². The van der Waals surface area contributed by atoms with Gasteiger partial charge in [0.25, 0.3) is 0 Å². The molecular weight excluding hydrogens is 337 g/mol. The van der Waals surface area contributed by atoms with Crippen molar-refractivity contribution in [2.45, 2.75) is 39.0 Å². The SMILES string of the molecule is CCCCCCc1nn2cc(-c3ccc(Cl)cc3Cl)nc2s1. The van der Waals surface area contributed by atoms with Crippen molar-refractivity contribution in [3.8, 4) is 11.3 Å². The van der Waals surface area contributed by atoms with Crippen LogP contribution < -0.4 is 0 Å². The lowest BCUT2D eigenvalue weighted by Crippen LogP contribution is -1.88. The van der Waals surface area contributed by atoms with E-state index in [0.717, 1.165) is 27.6 Å². The van der Waals surface area contributed by atoms with E-state index in [1.165, 1.54) is 25.7 Å². The summed E-state index contributed by atoms with van der Waals surface area (Å²) in [7, 11) is 0. The van der Waals surface area contributed by atoms with Gasteiger partial charge in [0.15, 0.2) is 0 Å². The minimum absolute atomic E-state index is 0.609. The van der Waals surface area contributed by atoms with Crippen LogP contribution in [0.5, 0.6) is 0 Å². The number of halogens is 2. The number of rotatable bonds is 6. The van der Waals surface area contributed by atoms with Crippen molar-refractivity contribution in [3.05, 3.63) is 39.4 Å². The standard InChI is InChI=1S/C16H17Cl2N3S/c1-2-3-4-5-6-15-20-21-10-14(19-16(21)22-15)12-8-7-11(17)9-13(12)18/h7-10H,2-6H2,1H3. The van der Waals surface area contributed by atoms with Gasteiger partial charge < -0.3 is 0 Å². The third-order valence-corrected chi connectivity index (χ3v) is 5.07. The molecule has 3 nitrogen and oxygen atoms in total. The monoisotopic (exact) mass is 353 g/mol. The minimum Gasteiger partial charge on any atom is -0.217 e. The highest BCUT2D eigenvalue weighted by Crippen LogP contribution is 2.30. The largest absolute Gasteiger partial charge is 0.217 e. The Hall–Kier alpha value is -1.10. The lowest BCUT2D eigenvalue weighted by molar-refractivity contribution is 0.661. The molecule has 0 spiro atoms. The number of unbranched alkanes of at least 4 members (excludes halogenated alkanes) is 3. The molecule has 2 heterocycles. The predicted octanol–water partition coefficient (Wildman–Crippen LogP) is 5.89. The molecule has 0 fully saturated rings. The molecule has 0 N–H and O–H groups in total. The van der Waals surface area contributed by atoms with Crippen LogP contribution in [0.25, 0.3) is 16.2 Å². The zero-order valence-corrected chi connectivity index (χ0v) is 14.7. The van der Waals surface area contributed by atoms with Gasteiger partial charge in [-0.3, -0.25) is 0 Å². The molecule has 22 heavy (non-hydrogen) atoms. The Kier molecular flexibility index (Phi) is 5.01. The lowest BCUT2D eigenvalue weighted by atomic mass is 10.2. The molecule has 0 bridgehead atoms. The Balaban J connectivity index is 1.78. The number of aryl methyl sites for hydroxylation is 1. The molecule has 0 atom stereocenters. The number of aromatic nitrogens is 3. The summed E-state index contributed by atoms with van der Waals surface area (Å²) in [6, 6.07) is 5.45. The van der Waals surface area contributed by atoms with E-state index in [1.54, 1.807) is 17.4 Å². The van der Waals surface area contributed by atoms with E-state index in [2.05, 4.69) is 17.0 Å². The molecule has 0 amide bonds. The van der Waals surface area contributed by atoms with Crippen LogP contribution in [0, 0.1) is 0 Å². The number of fused-ring (bicyclic) bond motifs is 1. The highest BCUT2D eigenvalue weighted by Gasteiger charge is 2.12. The average molecular weight is 354 g/mol. The molecular formula is C16H17Cl2N3S. The van der Waals surface area contributed by atoms with E-state index in [9.17, 15) is 0 Å². The fraction of sp³-hybridized carbons (Fsp3) is 0.375. The van der Waals surface area contributed by atoms with Crippen molar-refractivity contribution in [2.24, 2.45) is 0 Å². The first-order valence-corrected chi connectivity index (χ1v) is 9.05. The van der Waals surface area contributed by atoms with Crippen LogP contribution in [-0.4, -0.2) is 14.6 Å². The summed E-state index contributed by atoms with van der Waals surface area (Å²) in [5, 5.41) is 6.99. The number of benzene rings is 1. The molecule has 0 saturated heterocycles. The van der Waals surface area contributed by atoms with Crippen LogP contribution in [0.1, 0.15) is 37.6 Å². The summed E-state index contributed by atoms with van der Waals surface area (Å²) in [6.45, 7) is 2.22. The molecule has 3 aromatic rings. The normalized spacial score (nSPS) is 11.4. The second-order valence-corrected chi connectivity index (χ2v) is 7.17. The van der Waals surface area contributed by atoms with E-state index in [-0.39, 0.29) is 0 Å². The Morgan fingerprint density at radius 1 is 1.18 bits per heavy atom. The van der Waals surface area contributed by atoms with Crippen LogP contribution >= 0.6 is 34.5 Å². The molecule has 0 radical (unpaired) electrons. The van der Waals surface area contributed by atoms with Crippen molar-refractivity contribution in [3.63, 3.8) is 0 Å². The van der Waals surface area contributed by atoms with E-state index in [4.69, 9.17) is 23.2 Å². The fourth-order valence-corrected chi connectivity index (χ4v) is 3.79. The molecule has 6 heteroatoms. The highest BCUT2D eigenvalue weighted by molar-refractivity contribution is 7.16. The van der Waals surface area contributed by atoms with Gasteiger partial charge in [-0.2, -0.15) is 5.10 Å². The summed E-state index contributed by atoms with van der Waals surface area (Å²) in [4.78, 5) is 5.54. The maximum absolute atomic E-state index is 6.24. The van der Waals surface area contributed by atoms with Crippen molar-refractivity contribution in [2.75, 3.05) is 0 Å². The molecule has 2 aromatic heterocycles. The number of nitrogens with zero attached hydrogens (tertiary/aromatic N) is 3. The summed E-state index contributed by atoms with van der Waals surface area (Å²) < 4.78 is 1.85. The summed E-state index contributed by atoms with van der Waals surface area (Å²) in [5.74, 6) is 0. The third-order valence-electron chi connectivity index (χ3n) is 3.54. The van der Waals surface area contributed by atoms with Crippen LogP contribution in [0.4, 0.5) is 0 Å². The summed E-state index contributed by atoms with van der Waals surface area (Å²) in [5.41, 5.74) is 1.71. The number of hydrogen-bond acceptors (Lipinski definition) is 3. The van der Waals surface area contributed by atoms with Crippen LogP contribution in [0.3, 0.4) is 0 Å². The number of hydrogen-bond donors (Lipinski definition) is 0. The first-order valence-electron chi connectivity index (χ1n) is 7.48. The Bertz CT molecular complexity index is 747. The third kappa shape index (κ3) is 3.45. The second-order valence-electron chi connectivity index (χ2n) is 5.28. The molecule has 0 aliphatic carbocycles. The maximum atomic E-state index is 6.24. The number of imidazole rings is 1. The van der Waals surface area contributed by atoms with Crippen LogP contribution in [0.15, 0.2) is 24.4 Å². The van der Waals surface area contributed by atoms with Gasteiger partial charge in [0, 0.05) is 17.0 Å². The second kappa shape index (κ2) is 6.99. The molecule has 0 saturated carbocycles. The van der Waals surface area contributed by atoms with E-state index >= 15 is 0 Å².